The van der Waals surface area contributed by atoms with Crippen molar-refractivity contribution in [3.05, 3.63) is 41.0 Å². The van der Waals surface area contributed by atoms with E-state index in [9.17, 15) is 4.79 Å². The van der Waals surface area contributed by atoms with Crippen molar-refractivity contribution < 1.29 is 14.3 Å². The van der Waals surface area contributed by atoms with Gasteiger partial charge in [-0.1, -0.05) is 0 Å². The molecule has 1 aliphatic rings. The molecule has 0 radical (unpaired) electrons. The van der Waals surface area contributed by atoms with Crippen molar-refractivity contribution >= 4 is 17.4 Å². The van der Waals surface area contributed by atoms with Gasteiger partial charge in [-0.3, -0.25) is 4.79 Å². The van der Waals surface area contributed by atoms with Crippen molar-refractivity contribution in [3.63, 3.8) is 0 Å². The number of ether oxygens (including phenoxy) is 2. The topological polar surface area (TPSA) is 117 Å². The molecule has 2 aromatic heterocycles. The first-order valence-corrected chi connectivity index (χ1v) is 9.16. The lowest BCUT2D eigenvalue weighted by Crippen LogP contribution is -2.17. The standard InChI is InChI=1S/C19H22N6O3/c1-11-14(12(2)25-19(21-11)23-17(10-20)24-25)4-6-18(26)22-13-3-5-15-16(9-13)28-8-7-27-15/h3,5,9H,4,6-8,10,20H2,1-2H3,(H,22,26). The van der Waals surface area contributed by atoms with Crippen LogP contribution in [-0.2, 0) is 17.8 Å². The molecule has 3 heterocycles. The first-order chi connectivity index (χ1) is 13.5. The van der Waals surface area contributed by atoms with Crippen molar-refractivity contribution in [3.8, 4) is 11.5 Å². The monoisotopic (exact) mass is 382 g/mol. The second-order valence-corrected chi connectivity index (χ2v) is 6.61. The van der Waals surface area contributed by atoms with Crippen LogP contribution in [0.15, 0.2) is 18.2 Å². The third-order valence-electron chi connectivity index (χ3n) is 4.70. The normalized spacial score (nSPS) is 13.0. The van der Waals surface area contributed by atoms with Gasteiger partial charge in [-0.2, -0.15) is 4.98 Å². The highest BCUT2D eigenvalue weighted by atomic mass is 16.6. The summed E-state index contributed by atoms with van der Waals surface area (Å²) in [6.45, 7) is 5.17. The van der Waals surface area contributed by atoms with Crippen molar-refractivity contribution in [1.82, 2.24) is 19.6 Å². The van der Waals surface area contributed by atoms with E-state index in [1.807, 2.05) is 13.8 Å². The zero-order valence-corrected chi connectivity index (χ0v) is 15.9. The number of hydrogen-bond donors (Lipinski definition) is 2. The van der Waals surface area contributed by atoms with Gasteiger partial charge in [0.2, 0.25) is 5.91 Å². The summed E-state index contributed by atoms with van der Waals surface area (Å²) in [5.41, 5.74) is 9.04. The molecule has 0 saturated carbocycles. The van der Waals surface area contributed by atoms with Crippen molar-refractivity contribution in [1.29, 1.82) is 0 Å². The van der Waals surface area contributed by atoms with Crippen LogP contribution in [0.5, 0.6) is 11.5 Å². The zero-order valence-electron chi connectivity index (χ0n) is 15.9. The molecular weight excluding hydrogens is 360 g/mol. The third kappa shape index (κ3) is 3.48. The average Bonchev–Trinajstić information content (AvgIpc) is 3.11. The number of rotatable bonds is 5. The Bertz CT molecular complexity index is 1050. The smallest absolute Gasteiger partial charge is 0.252 e. The quantitative estimate of drug-likeness (QED) is 0.687. The zero-order chi connectivity index (χ0) is 19.7. The fraction of sp³-hybridized carbons (Fsp3) is 0.368. The Labute approximate surface area is 161 Å². The number of fused-ring (bicyclic) bond motifs is 2. The van der Waals surface area contributed by atoms with E-state index < -0.39 is 0 Å². The molecule has 1 aromatic carbocycles. The van der Waals surface area contributed by atoms with Crippen molar-refractivity contribution in [2.24, 2.45) is 5.73 Å². The van der Waals surface area contributed by atoms with Gasteiger partial charge < -0.3 is 20.5 Å². The molecule has 0 fully saturated rings. The summed E-state index contributed by atoms with van der Waals surface area (Å²) in [4.78, 5) is 21.2. The van der Waals surface area contributed by atoms with Crippen LogP contribution in [0.4, 0.5) is 5.69 Å². The van der Waals surface area contributed by atoms with Crippen molar-refractivity contribution in [2.45, 2.75) is 33.2 Å². The molecule has 1 aliphatic heterocycles. The van der Waals surface area contributed by atoms with E-state index in [1.165, 1.54) is 0 Å². The Morgan fingerprint density at radius 1 is 1.21 bits per heavy atom. The molecule has 28 heavy (non-hydrogen) atoms. The lowest BCUT2D eigenvalue weighted by Gasteiger charge is -2.19. The van der Waals surface area contributed by atoms with Crippen LogP contribution >= 0.6 is 0 Å². The van der Waals surface area contributed by atoms with Crippen LogP contribution in [0.2, 0.25) is 0 Å². The van der Waals surface area contributed by atoms with E-state index in [-0.39, 0.29) is 12.5 Å². The summed E-state index contributed by atoms with van der Waals surface area (Å²) in [5, 5.41) is 7.27. The largest absolute Gasteiger partial charge is 0.486 e. The fourth-order valence-electron chi connectivity index (χ4n) is 3.28. The van der Waals surface area contributed by atoms with Gasteiger partial charge in [0.15, 0.2) is 17.3 Å². The molecule has 0 aliphatic carbocycles. The highest BCUT2D eigenvalue weighted by Gasteiger charge is 2.16. The molecule has 146 valence electrons. The van der Waals surface area contributed by atoms with Gasteiger partial charge in [-0.05, 0) is 38.0 Å². The number of hydrogen-bond acceptors (Lipinski definition) is 7. The molecule has 0 spiro atoms. The Balaban J connectivity index is 1.46. The predicted molar refractivity (Wildman–Crippen MR) is 103 cm³/mol. The average molecular weight is 382 g/mol. The molecular formula is C19H22N6O3. The second-order valence-electron chi connectivity index (χ2n) is 6.61. The molecule has 0 saturated heterocycles. The summed E-state index contributed by atoms with van der Waals surface area (Å²) >= 11 is 0. The highest BCUT2D eigenvalue weighted by Crippen LogP contribution is 2.32. The van der Waals surface area contributed by atoms with E-state index in [4.69, 9.17) is 15.2 Å². The van der Waals surface area contributed by atoms with Crippen LogP contribution < -0.4 is 20.5 Å². The Kier molecular flexibility index (Phi) is 4.82. The van der Waals surface area contributed by atoms with Gasteiger partial charge in [0.1, 0.15) is 13.2 Å². The minimum atomic E-state index is -0.0863. The maximum atomic E-state index is 12.4. The molecule has 3 N–H and O–H groups in total. The van der Waals surface area contributed by atoms with Gasteiger partial charge in [-0.25, -0.2) is 9.50 Å². The van der Waals surface area contributed by atoms with E-state index in [1.54, 1.807) is 22.7 Å². The summed E-state index contributed by atoms with van der Waals surface area (Å²) in [7, 11) is 0. The molecule has 0 atom stereocenters. The minimum Gasteiger partial charge on any atom is -0.486 e. The Hall–Kier alpha value is -3.20. The molecule has 1 amide bonds. The van der Waals surface area contributed by atoms with Crippen LogP contribution in [0.25, 0.3) is 5.78 Å². The molecule has 0 unspecified atom stereocenters. The number of carbonyl (C=O) groups is 1. The number of amides is 1. The maximum Gasteiger partial charge on any atom is 0.252 e. The lowest BCUT2D eigenvalue weighted by molar-refractivity contribution is -0.116. The van der Waals surface area contributed by atoms with Gasteiger partial charge in [-0.15, -0.1) is 5.10 Å². The molecule has 9 nitrogen and oxygen atoms in total. The van der Waals surface area contributed by atoms with E-state index in [0.29, 0.717) is 54.8 Å². The van der Waals surface area contributed by atoms with Gasteiger partial charge in [0, 0.05) is 29.6 Å². The lowest BCUT2D eigenvalue weighted by atomic mass is 10.1. The van der Waals surface area contributed by atoms with Crippen LogP contribution in [-0.4, -0.2) is 38.7 Å². The van der Waals surface area contributed by atoms with Crippen LogP contribution in [0, 0.1) is 13.8 Å². The maximum absolute atomic E-state index is 12.4. The summed E-state index contributed by atoms with van der Waals surface area (Å²) in [5.74, 6) is 2.33. The SMILES string of the molecule is Cc1nc2nc(CN)nn2c(C)c1CCC(=O)Nc1ccc2c(c1)OCCO2. The number of anilines is 1. The number of benzene rings is 1. The summed E-state index contributed by atoms with van der Waals surface area (Å²) in [6, 6.07) is 5.38. The van der Waals surface area contributed by atoms with E-state index in [2.05, 4.69) is 20.4 Å². The molecule has 3 aromatic rings. The number of carbonyl (C=O) groups excluding carboxylic acids is 1. The van der Waals surface area contributed by atoms with Crippen LogP contribution in [0.1, 0.15) is 29.2 Å². The first kappa shape index (κ1) is 18.2. The number of nitrogens with zero attached hydrogens (tertiary/aromatic N) is 4. The first-order valence-electron chi connectivity index (χ1n) is 9.16. The van der Waals surface area contributed by atoms with Gasteiger partial charge in [0.25, 0.3) is 5.78 Å². The summed E-state index contributed by atoms with van der Waals surface area (Å²) < 4.78 is 12.7. The molecule has 0 bridgehead atoms. The number of nitrogens with one attached hydrogen (secondary N) is 1. The highest BCUT2D eigenvalue weighted by molar-refractivity contribution is 5.91. The third-order valence-corrected chi connectivity index (χ3v) is 4.70. The minimum absolute atomic E-state index is 0.0863. The summed E-state index contributed by atoms with van der Waals surface area (Å²) in [6.07, 6.45) is 0.872. The number of nitrogens with two attached hydrogens (primary N) is 1. The molecule has 9 heteroatoms. The number of aryl methyl sites for hydroxylation is 2. The number of aromatic nitrogens is 4. The Morgan fingerprint density at radius 2 is 2.00 bits per heavy atom. The fourth-order valence-corrected chi connectivity index (χ4v) is 3.28. The van der Waals surface area contributed by atoms with Crippen LogP contribution in [0.3, 0.4) is 0 Å². The second kappa shape index (κ2) is 7.43. The van der Waals surface area contributed by atoms with E-state index >= 15 is 0 Å². The van der Waals surface area contributed by atoms with Gasteiger partial charge in [0.05, 0.1) is 6.54 Å². The van der Waals surface area contributed by atoms with E-state index in [0.717, 1.165) is 17.0 Å². The Morgan fingerprint density at radius 3 is 2.79 bits per heavy atom. The predicted octanol–water partition coefficient (Wildman–Crippen LogP) is 1.54. The molecule has 4 rings (SSSR count). The van der Waals surface area contributed by atoms with Gasteiger partial charge >= 0.3 is 0 Å². The van der Waals surface area contributed by atoms with Crippen molar-refractivity contribution in [2.75, 3.05) is 18.5 Å².